The van der Waals surface area contributed by atoms with Gasteiger partial charge in [-0.05, 0) is 26.2 Å². The molecular formula is C16H30N4O3. The molecule has 1 amide bonds. The number of aliphatic imine (C=N–C) groups is 1. The standard InChI is InChI=1S/C16H30N4O3/c1-3-17-16(19-11-9-15(22)23-2)18-10-7-13-20-12-6-4-5-8-14(20)21/h3-13H2,1-2H3,(H2,17,18,19). The first-order valence-corrected chi connectivity index (χ1v) is 8.54. The van der Waals surface area contributed by atoms with E-state index in [1.54, 1.807) is 0 Å². The van der Waals surface area contributed by atoms with Gasteiger partial charge in [0.15, 0.2) is 5.96 Å². The number of guanidine groups is 1. The highest BCUT2D eigenvalue weighted by Crippen LogP contribution is 2.11. The van der Waals surface area contributed by atoms with E-state index in [9.17, 15) is 9.59 Å². The summed E-state index contributed by atoms with van der Waals surface area (Å²) in [7, 11) is 1.38. The maximum atomic E-state index is 11.9. The molecule has 1 aliphatic rings. The minimum absolute atomic E-state index is 0.243. The molecule has 0 aliphatic carbocycles. The molecule has 0 unspecified atom stereocenters. The van der Waals surface area contributed by atoms with Crippen molar-refractivity contribution in [1.29, 1.82) is 0 Å². The topological polar surface area (TPSA) is 83.0 Å². The molecule has 1 rings (SSSR count). The van der Waals surface area contributed by atoms with Gasteiger partial charge >= 0.3 is 5.97 Å². The molecule has 1 fully saturated rings. The van der Waals surface area contributed by atoms with E-state index in [0.29, 0.717) is 31.9 Å². The Labute approximate surface area is 138 Å². The van der Waals surface area contributed by atoms with Gasteiger partial charge in [0, 0.05) is 39.1 Å². The molecular weight excluding hydrogens is 296 g/mol. The van der Waals surface area contributed by atoms with Crippen molar-refractivity contribution in [2.45, 2.75) is 45.4 Å². The normalized spacial score (nSPS) is 16.0. The van der Waals surface area contributed by atoms with Crippen LogP contribution >= 0.6 is 0 Å². The van der Waals surface area contributed by atoms with Gasteiger partial charge in [-0.3, -0.25) is 14.6 Å². The quantitative estimate of drug-likeness (QED) is 0.300. The van der Waals surface area contributed by atoms with Gasteiger partial charge < -0.3 is 20.3 Å². The number of nitrogens with one attached hydrogen (secondary N) is 2. The number of methoxy groups -OCH3 is 1. The lowest BCUT2D eigenvalue weighted by molar-refractivity contribution is -0.140. The fraction of sp³-hybridized carbons (Fsp3) is 0.812. The molecule has 0 aromatic heterocycles. The van der Waals surface area contributed by atoms with Crippen molar-refractivity contribution in [1.82, 2.24) is 15.5 Å². The number of carbonyl (C=O) groups excluding carboxylic acids is 2. The van der Waals surface area contributed by atoms with Gasteiger partial charge in [0.05, 0.1) is 13.5 Å². The van der Waals surface area contributed by atoms with Crippen LogP contribution in [-0.4, -0.2) is 62.6 Å². The third kappa shape index (κ3) is 8.42. The van der Waals surface area contributed by atoms with Crippen molar-refractivity contribution >= 4 is 17.8 Å². The molecule has 0 aromatic carbocycles. The van der Waals surface area contributed by atoms with Gasteiger partial charge in [-0.2, -0.15) is 0 Å². The first-order valence-electron chi connectivity index (χ1n) is 8.54. The van der Waals surface area contributed by atoms with Crippen molar-refractivity contribution in [2.24, 2.45) is 4.99 Å². The summed E-state index contributed by atoms with van der Waals surface area (Å²) in [5, 5.41) is 6.24. The van der Waals surface area contributed by atoms with Crippen molar-refractivity contribution in [3.8, 4) is 0 Å². The van der Waals surface area contributed by atoms with Crippen LogP contribution in [0.2, 0.25) is 0 Å². The first-order chi connectivity index (χ1) is 11.2. The molecule has 0 aromatic rings. The van der Waals surface area contributed by atoms with Crippen LogP contribution in [0.15, 0.2) is 4.99 Å². The van der Waals surface area contributed by atoms with E-state index < -0.39 is 0 Å². The summed E-state index contributed by atoms with van der Waals surface area (Å²) in [5.41, 5.74) is 0. The van der Waals surface area contributed by atoms with E-state index in [-0.39, 0.29) is 11.9 Å². The minimum Gasteiger partial charge on any atom is -0.469 e. The molecule has 0 atom stereocenters. The molecule has 0 bridgehead atoms. The number of likely N-dealkylation sites (tertiary alicyclic amines) is 1. The Balaban J connectivity index is 2.29. The second-order valence-corrected chi connectivity index (χ2v) is 5.56. The van der Waals surface area contributed by atoms with Crippen LogP contribution in [0.5, 0.6) is 0 Å². The smallest absolute Gasteiger partial charge is 0.307 e. The molecule has 1 saturated heterocycles. The molecule has 0 radical (unpaired) electrons. The second-order valence-electron chi connectivity index (χ2n) is 5.56. The second kappa shape index (κ2) is 11.7. The number of esters is 1. The molecule has 2 N–H and O–H groups in total. The third-order valence-electron chi connectivity index (χ3n) is 3.72. The van der Waals surface area contributed by atoms with E-state index in [2.05, 4.69) is 20.4 Å². The van der Waals surface area contributed by atoms with Crippen molar-refractivity contribution in [3.05, 3.63) is 0 Å². The zero-order valence-corrected chi connectivity index (χ0v) is 14.4. The lowest BCUT2D eigenvalue weighted by Gasteiger charge is -2.20. The maximum Gasteiger partial charge on any atom is 0.307 e. The monoisotopic (exact) mass is 326 g/mol. The summed E-state index contributed by atoms with van der Waals surface area (Å²) in [6.07, 6.45) is 5.10. The highest BCUT2D eigenvalue weighted by molar-refractivity contribution is 5.80. The Kier molecular flexibility index (Phi) is 9.83. The van der Waals surface area contributed by atoms with Crippen LogP contribution in [0.3, 0.4) is 0 Å². The lowest BCUT2D eigenvalue weighted by atomic mass is 10.2. The maximum absolute atomic E-state index is 11.9. The minimum atomic E-state index is -0.243. The summed E-state index contributed by atoms with van der Waals surface area (Å²) < 4.78 is 4.60. The van der Waals surface area contributed by atoms with Gasteiger partial charge in [0.1, 0.15) is 0 Å². The summed E-state index contributed by atoms with van der Waals surface area (Å²) in [6, 6.07) is 0. The van der Waals surface area contributed by atoms with Crippen LogP contribution in [0.4, 0.5) is 0 Å². The third-order valence-corrected chi connectivity index (χ3v) is 3.72. The molecule has 1 aliphatic heterocycles. The molecule has 7 nitrogen and oxygen atoms in total. The predicted octanol–water partition coefficient (Wildman–Crippen LogP) is 0.897. The Morgan fingerprint density at radius 2 is 2.13 bits per heavy atom. The first kappa shape index (κ1) is 19.3. The van der Waals surface area contributed by atoms with Gasteiger partial charge in [0.25, 0.3) is 0 Å². The summed E-state index contributed by atoms with van der Waals surface area (Å²) >= 11 is 0. The van der Waals surface area contributed by atoms with Crippen LogP contribution in [0.1, 0.15) is 45.4 Å². The fourth-order valence-corrected chi connectivity index (χ4v) is 2.45. The van der Waals surface area contributed by atoms with E-state index in [4.69, 9.17) is 0 Å². The van der Waals surface area contributed by atoms with Crippen LogP contribution in [0, 0.1) is 0 Å². The lowest BCUT2D eigenvalue weighted by Crippen LogP contribution is -2.38. The summed E-state index contributed by atoms with van der Waals surface area (Å²) in [4.78, 5) is 29.4. The Bertz CT molecular complexity index is 399. The van der Waals surface area contributed by atoms with E-state index in [0.717, 1.165) is 45.3 Å². The molecule has 7 heteroatoms. The number of ether oxygens (including phenoxy) is 1. The zero-order valence-electron chi connectivity index (χ0n) is 14.4. The van der Waals surface area contributed by atoms with Crippen LogP contribution in [0.25, 0.3) is 0 Å². The average Bonchev–Trinajstić information content (AvgIpc) is 2.75. The van der Waals surface area contributed by atoms with Crippen molar-refractivity contribution in [3.63, 3.8) is 0 Å². The fourth-order valence-electron chi connectivity index (χ4n) is 2.45. The van der Waals surface area contributed by atoms with Crippen LogP contribution in [-0.2, 0) is 14.3 Å². The number of nitrogens with zero attached hydrogens (tertiary/aromatic N) is 2. The van der Waals surface area contributed by atoms with E-state index in [1.807, 2.05) is 11.8 Å². The Morgan fingerprint density at radius 1 is 1.30 bits per heavy atom. The Morgan fingerprint density at radius 3 is 2.87 bits per heavy atom. The summed E-state index contributed by atoms with van der Waals surface area (Å²) in [5.74, 6) is 0.723. The average molecular weight is 326 g/mol. The highest BCUT2D eigenvalue weighted by Gasteiger charge is 2.15. The number of amides is 1. The highest BCUT2D eigenvalue weighted by atomic mass is 16.5. The number of hydrogen-bond acceptors (Lipinski definition) is 4. The molecule has 23 heavy (non-hydrogen) atoms. The van der Waals surface area contributed by atoms with Gasteiger partial charge in [-0.15, -0.1) is 0 Å². The van der Waals surface area contributed by atoms with Gasteiger partial charge in [-0.1, -0.05) is 6.42 Å². The molecule has 1 heterocycles. The van der Waals surface area contributed by atoms with Gasteiger partial charge in [-0.25, -0.2) is 0 Å². The predicted molar refractivity (Wildman–Crippen MR) is 90.3 cm³/mol. The van der Waals surface area contributed by atoms with Crippen molar-refractivity contribution in [2.75, 3.05) is 39.8 Å². The zero-order chi connectivity index (χ0) is 16.9. The number of carbonyl (C=O) groups is 2. The summed E-state index contributed by atoms with van der Waals surface area (Å²) in [6.45, 7) is 5.53. The molecule has 0 saturated carbocycles. The molecule has 0 spiro atoms. The van der Waals surface area contributed by atoms with Gasteiger partial charge in [0.2, 0.25) is 5.91 Å². The van der Waals surface area contributed by atoms with Crippen molar-refractivity contribution < 1.29 is 14.3 Å². The molecule has 132 valence electrons. The largest absolute Gasteiger partial charge is 0.469 e. The van der Waals surface area contributed by atoms with Crippen LogP contribution < -0.4 is 10.6 Å². The number of rotatable bonds is 8. The van der Waals surface area contributed by atoms with E-state index in [1.165, 1.54) is 7.11 Å². The van der Waals surface area contributed by atoms with E-state index >= 15 is 0 Å². The SMILES string of the molecule is CCNC(=NCCCN1CCCCCC1=O)NCCC(=O)OC. The Hall–Kier alpha value is -1.79. The number of hydrogen-bond donors (Lipinski definition) is 2.